The molecule has 4 heterocycles. The maximum absolute atomic E-state index is 12.4. The average Bonchev–Trinajstić information content (AvgIpc) is 3.24. The lowest BCUT2D eigenvalue weighted by atomic mass is 10.3. The van der Waals surface area contributed by atoms with Crippen molar-refractivity contribution in [2.45, 2.75) is 0 Å². The molecule has 4 aromatic rings. The summed E-state index contributed by atoms with van der Waals surface area (Å²) in [6, 6.07) is 3.59. The fourth-order valence-corrected chi connectivity index (χ4v) is 3.51. The van der Waals surface area contributed by atoms with Crippen LogP contribution >= 0.6 is 11.3 Å². The number of carbonyl (C=O) groups excluding carboxylic acids is 1. The van der Waals surface area contributed by atoms with E-state index in [0.717, 1.165) is 21.4 Å². The summed E-state index contributed by atoms with van der Waals surface area (Å²) in [5, 5.41) is 6.42. The molecule has 4 rings (SSSR count). The quantitative estimate of drug-likeness (QED) is 0.596. The second-order valence-electron chi connectivity index (χ2n) is 5.39. The zero-order valence-electron chi connectivity index (χ0n) is 13.4. The SMILES string of the molecule is CNc1nc2sc(NC(=O)c3cccn3C)nc2c2c1ncn2C. The number of anilines is 2. The molecule has 8 nitrogen and oxygen atoms in total. The van der Waals surface area contributed by atoms with Gasteiger partial charge in [0.05, 0.1) is 6.33 Å². The van der Waals surface area contributed by atoms with Gasteiger partial charge in [-0.15, -0.1) is 0 Å². The molecule has 0 aliphatic rings. The Labute approximate surface area is 141 Å². The predicted molar refractivity (Wildman–Crippen MR) is 94.6 cm³/mol. The molecule has 0 bridgehead atoms. The van der Waals surface area contributed by atoms with Gasteiger partial charge in [0, 0.05) is 27.3 Å². The third-order valence-corrected chi connectivity index (χ3v) is 4.71. The maximum Gasteiger partial charge on any atom is 0.274 e. The smallest absolute Gasteiger partial charge is 0.274 e. The van der Waals surface area contributed by atoms with Crippen molar-refractivity contribution in [1.82, 2.24) is 24.1 Å². The monoisotopic (exact) mass is 341 g/mol. The number of aryl methyl sites for hydroxylation is 2. The molecule has 122 valence electrons. The van der Waals surface area contributed by atoms with Crippen molar-refractivity contribution in [2.24, 2.45) is 14.1 Å². The highest BCUT2D eigenvalue weighted by Crippen LogP contribution is 2.33. The number of fused-ring (bicyclic) bond motifs is 3. The van der Waals surface area contributed by atoms with Crippen LogP contribution in [0.5, 0.6) is 0 Å². The predicted octanol–water partition coefficient (Wildman–Crippen LogP) is 2.21. The van der Waals surface area contributed by atoms with E-state index in [2.05, 4.69) is 25.6 Å². The van der Waals surface area contributed by atoms with E-state index in [1.54, 1.807) is 24.0 Å². The van der Waals surface area contributed by atoms with Crippen molar-refractivity contribution in [3.05, 3.63) is 30.4 Å². The van der Waals surface area contributed by atoms with Gasteiger partial charge in [-0.25, -0.2) is 15.0 Å². The van der Waals surface area contributed by atoms with Crippen molar-refractivity contribution < 1.29 is 4.79 Å². The summed E-state index contributed by atoms with van der Waals surface area (Å²) in [7, 11) is 5.55. The van der Waals surface area contributed by atoms with E-state index in [1.807, 2.05) is 30.9 Å². The number of nitrogens with zero attached hydrogens (tertiary/aromatic N) is 5. The molecule has 0 fully saturated rings. The van der Waals surface area contributed by atoms with Gasteiger partial charge in [0.2, 0.25) is 0 Å². The molecule has 0 saturated heterocycles. The summed E-state index contributed by atoms with van der Waals surface area (Å²) < 4.78 is 3.67. The van der Waals surface area contributed by atoms with E-state index in [9.17, 15) is 4.79 Å². The van der Waals surface area contributed by atoms with Crippen LogP contribution in [-0.4, -0.2) is 37.0 Å². The maximum atomic E-state index is 12.4. The summed E-state index contributed by atoms with van der Waals surface area (Å²) >= 11 is 1.34. The number of carbonyl (C=O) groups is 1. The highest BCUT2D eigenvalue weighted by Gasteiger charge is 2.18. The van der Waals surface area contributed by atoms with Crippen LogP contribution in [-0.2, 0) is 14.1 Å². The number of rotatable bonds is 3. The highest BCUT2D eigenvalue weighted by atomic mass is 32.1. The van der Waals surface area contributed by atoms with E-state index < -0.39 is 0 Å². The molecule has 0 aromatic carbocycles. The fourth-order valence-electron chi connectivity index (χ4n) is 2.67. The first-order valence-corrected chi connectivity index (χ1v) is 8.12. The first-order chi connectivity index (χ1) is 11.6. The number of aromatic nitrogens is 5. The Hall–Kier alpha value is -2.94. The molecule has 2 N–H and O–H groups in total. The topological polar surface area (TPSA) is 89.7 Å². The first kappa shape index (κ1) is 14.6. The number of amides is 1. The summed E-state index contributed by atoms with van der Waals surface area (Å²) in [6.45, 7) is 0. The third kappa shape index (κ3) is 2.13. The van der Waals surface area contributed by atoms with Crippen LogP contribution in [0.3, 0.4) is 0 Å². The van der Waals surface area contributed by atoms with Gasteiger partial charge in [0.1, 0.15) is 27.1 Å². The molecule has 0 spiro atoms. The molecule has 0 atom stereocenters. The largest absolute Gasteiger partial charge is 0.371 e. The summed E-state index contributed by atoms with van der Waals surface area (Å²) in [6.07, 6.45) is 3.56. The number of thiazole rings is 1. The van der Waals surface area contributed by atoms with E-state index in [1.165, 1.54) is 11.3 Å². The number of pyridine rings is 1. The molecular formula is C15H15N7OS. The number of hydrogen-bond donors (Lipinski definition) is 2. The Kier molecular flexibility index (Phi) is 3.24. The number of nitrogens with one attached hydrogen (secondary N) is 2. The molecule has 1 amide bonds. The Morgan fingerprint density at radius 3 is 2.75 bits per heavy atom. The van der Waals surface area contributed by atoms with Gasteiger partial charge in [-0.1, -0.05) is 11.3 Å². The van der Waals surface area contributed by atoms with Crippen molar-refractivity contribution >= 4 is 49.6 Å². The standard InChI is InChI=1S/C15H15N7OS/c1-16-12-9-11(22(3)7-17-9)10-14(19-12)24-15(18-10)20-13(23)8-5-4-6-21(8)2/h4-7H,1-3H3,(H,16,19)(H,18,20,23). The van der Waals surface area contributed by atoms with Crippen LogP contribution in [0.1, 0.15) is 10.5 Å². The number of imidazole rings is 1. The summed E-state index contributed by atoms with van der Waals surface area (Å²) in [5.74, 6) is 0.499. The Morgan fingerprint density at radius 1 is 1.21 bits per heavy atom. The molecule has 4 aromatic heterocycles. The molecule has 24 heavy (non-hydrogen) atoms. The van der Waals surface area contributed by atoms with E-state index >= 15 is 0 Å². The van der Waals surface area contributed by atoms with Gasteiger partial charge < -0.3 is 14.5 Å². The molecule has 0 radical (unpaired) electrons. The highest BCUT2D eigenvalue weighted by molar-refractivity contribution is 7.22. The lowest BCUT2D eigenvalue weighted by molar-refractivity contribution is 0.101. The third-order valence-electron chi connectivity index (χ3n) is 3.84. The van der Waals surface area contributed by atoms with Crippen LogP contribution in [0.2, 0.25) is 0 Å². The van der Waals surface area contributed by atoms with Gasteiger partial charge >= 0.3 is 0 Å². The second-order valence-corrected chi connectivity index (χ2v) is 6.37. The van der Waals surface area contributed by atoms with E-state index in [0.29, 0.717) is 16.6 Å². The van der Waals surface area contributed by atoms with Crippen molar-refractivity contribution in [3.63, 3.8) is 0 Å². The molecular weight excluding hydrogens is 326 g/mol. The number of hydrogen-bond acceptors (Lipinski definition) is 6. The lowest BCUT2D eigenvalue weighted by Crippen LogP contribution is -2.15. The molecule has 0 aliphatic carbocycles. The minimum atomic E-state index is -0.198. The van der Waals surface area contributed by atoms with Gasteiger partial charge in [-0.3, -0.25) is 10.1 Å². The van der Waals surface area contributed by atoms with Crippen molar-refractivity contribution in [3.8, 4) is 0 Å². The van der Waals surface area contributed by atoms with E-state index in [4.69, 9.17) is 0 Å². The fraction of sp³-hybridized carbons (Fsp3) is 0.200. The van der Waals surface area contributed by atoms with Crippen LogP contribution < -0.4 is 10.6 Å². The van der Waals surface area contributed by atoms with Crippen LogP contribution in [0, 0.1) is 0 Å². The summed E-state index contributed by atoms with van der Waals surface area (Å²) in [4.78, 5) is 26.6. The van der Waals surface area contributed by atoms with Gasteiger partial charge in [-0.2, -0.15) is 0 Å². The molecule has 0 unspecified atom stereocenters. The van der Waals surface area contributed by atoms with Crippen LogP contribution in [0.4, 0.5) is 10.9 Å². The van der Waals surface area contributed by atoms with Gasteiger partial charge in [0.25, 0.3) is 5.91 Å². The second kappa shape index (κ2) is 5.31. The minimum absolute atomic E-state index is 0.198. The Balaban J connectivity index is 1.81. The van der Waals surface area contributed by atoms with Gasteiger partial charge in [0.15, 0.2) is 10.9 Å². The minimum Gasteiger partial charge on any atom is -0.371 e. The Morgan fingerprint density at radius 2 is 2.04 bits per heavy atom. The Bertz CT molecular complexity index is 1070. The molecule has 9 heteroatoms. The van der Waals surface area contributed by atoms with Crippen molar-refractivity contribution in [2.75, 3.05) is 17.7 Å². The zero-order valence-corrected chi connectivity index (χ0v) is 14.2. The van der Waals surface area contributed by atoms with E-state index in [-0.39, 0.29) is 5.91 Å². The normalized spacial score (nSPS) is 11.3. The zero-order chi connectivity index (χ0) is 16.8. The lowest BCUT2D eigenvalue weighted by Gasteiger charge is -2.02. The van der Waals surface area contributed by atoms with Gasteiger partial charge in [-0.05, 0) is 12.1 Å². The van der Waals surface area contributed by atoms with Crippen LogP contribution in [0.25, 0.3) is 21.4 Å². The first-order valence-electron chi connectivity index (χ1n) is 7.30. The van der Waals surface area contributed by atoms with Crippen LogP contribution in [0.15, 0.2) is 24.7 Å². The summed E-state index contributed by atoms with van der Waals surface area (Å²) in [5.41, 5.74) is 2.96. The average molecular weight is 341 g/mol. The molecule has 0 saturated carbocycles. The molecule has 0 aliphatic heterocycles. The van der Waals surface area contributed by atoms with Crippen molar-refractivity contribution in [1.29, 1.82) is 0 Å².